The van der Waals surface area contributed by atoms with Crippen molar-refractivity contribution in [2.45, 2.75) is 64.2 Å². The van der Waals surface area contributed by atoms with Gasteiger partial charge >= 0.3 is 5.97 Å². The molecule has 0 fully saturated rings. The average molecular weight is 318 g/mol. The van der Waals surface area contributed by atoms with Crippen LogP contribution in [0, 0.1) is 0 Å². The lowest BCUT2D eigenvalue weighted by atomic mass is 10.0. The second-order valence-corrected chi connectivity index (χ2v) is 5.93. The molecule has 0 amide bonds. The van der Waals surface area contributed by atoms with Gasteiger partial charge < -0.3 is 9.84 Å². The number of phenolic OH excluding ortho intramolecular Hbond substituents is 1. The number of phenols is 1. The average Bonchev–Trinajstić information content (AvgIpc) is 2.57. The smallest absolute Gasteiger partial charge is 0.330 e. The van der Waals surface area contributed by atoms with E-state index < -0.39 is 0 Å². The fourth-order valence-corrected chi connectivity index (χ4v) is 2.61. The van der Waals surface area contributed by atoms with Gasteiger partial charge in [0.1, 0.15) is 5.75 Å². The maximum atomic E-state index is 10.8. The Morgan fingerprint density at radius 1 is 0.957 bits per heavy atom. The summed E-state index contributed by atoms with van der Waals surface area (Å²) in [6.45, 7) is 3.88. The molecule has 0 spiro atoms. The van der Waals surface area contributed by atoms with Gasteiger partial charge in [0, 0.05) is 6.08 Å². The van der Waals surface area contributed by atoms with E-state index in [-0.39, 0.29) is 5.97 Å². The van der Waals surface area contributed by atoms with E-state index in [1.54, 1.807) is 6.07 Å². The first-order valence-corrected chi connectivity index (χ1v) is 8.80. The van der Waals surface area contributed by atoms with Gasteiger partial charge in [-0.2, -0.15) is 0 Å². The van der Waals surface area contributed by atoms with Crippen LogP contribution in [0.25, 0.3) is 0 Å². The highest BCUT2D eigenvalue weighted by atomic mass is 16.5. The SMILES string of the molecule is C=CC(=O)OCCCCCCCCCCCc1ccccc1O. The van der Waals surface area contributed by atoms with E-state index >= 15 is 0 Å². The molecule has 0 atom stereocenters. The molecule has 1 N–H and O–H groups in total. The van der Waals surface area contributed by atoms with Gasteiger partial charge in [-0.1, -0.05) is 69.7 Å². The second-order valence-electron chi connectivity index (χ2n) is 5.93. The number of carbonyl (C=O) groups excluding carboxylic acids is 1. The van der Waals surface area contributed by atoms with Gasteiger partial charge in [0.15, 0.2) is 0 Å². The predicted molar refractivity (Wildman–Crippen MR) is 94.5 cm³/mol. The number of para-hydroxylation sites is 1. The molecule has 0 aliphatic rings. The highest BCUT2D eigenvalue weighted by Gasteiger charge is 1.99. The minimum atomic E-state index is -0.325. The van der Waals surface area contributed by atoms with Crippen molar-refractivity contribution in [1.29, 1.82) is 0 Å². The van der Waals surface area contributed by atoms with E-state index in [0.717, 1.165) is 31.2 Å². The van der Waals surface area contributed by atoms with E-state index in [1.165, 1.54) is 44.6 Å². The Labute approximate surface area is 140 Å². The minimum absolute atomic E-state index is 0.325. The third kappa shape index (κ3) is 9.77. The van der Waals surface area contributed by atoms with Crippen molar-refractivity contribution in [1.82, 2.24) is 0 Å². The van der Waals surface area contributed by atoms with Crippen molar-refractivity contribution >= 4 is 5.97 Å². The van der Waals surface area contributed by atoms with Crippen molar-refractivity contribution in [3.8, 4) is 5.75 Å². The number of hydrogen-bond donors (Lipinski definition) is 1. The first-order chi connectivity index (χ1) is 11.2. The summed E-state index contributed by atoms with van der Waals surface area (Å²) >= 11 is 0. The number of rotatable bonds is 13. The Morgan fingerprint density at radius 3 is 2.13 bits per heavy atom. The van der Waals surface area contributed by atoms with E-state index in [9.17, 15) is 9.90 Å². The van der Waals surface area contributed by atoms with Crippen LogP contribution >= 0.6 is 0 Å². The van der Waals surface area contributed by atoms with Crippen LogP contribution in [-0.4, -0.2) is 17.7 Å². The topological polar surface area (TPSA) is 46.5 Å². The van der Waals surface area contributed by atoms with E-state index in [0.29, 0.717) is 12.4 Å². The van der Waals surface area contributed by atoms with Crippen LogP contribution in [0.5, 0.6) is 5.75 Å². The highest BCUT2D eigenvalue weighted by molar-refractivity contribution is 5.81. The zero-order valence-corrected chi connectivity index (χ0v) is 14.1. The Hall–Kier alpha value is -1.77. The Morgan fingerprint density at radius 2 is 1.52 bits per heavy atom. The summed E-state index contributed by atoms with van der Waals surface area (Å²) in [5, 5.41) is 9.68. The van der Waals surface area contributed by atoms with Gasteiger partial charge in [0.05, 0.1) is 6.61 Å². The number of unbranched alkanes of at least 4 members (excludes halogenated alkanes) is 8. The first kappa shape index (κ1) is 19.3. The Bertz CT molecular complexity index is 454. The summed E-state index contributed by atoms with van der Waals surface area (Å²) < 4.78 is 4.93. The largest absolute Gasteiger partial charge is 0.508 e. The van der Waals surface area contributed by atoms with Crippen LogP contribution in [0.15, 0.2) is 36.9 Å². The molecule has 0 saturated carbocycles. The molecule has 1 aromatic rings. The van der Waals surface area contributed by atoms with Crippen LogP contribution in [0.1, 0.15) is 63.4 Å². The van der Waals surface area contributed by atoms with Crippen LogP contribution in [-0.2, 0) is 16.0 Å². The van der Waals surface area contributed by atoms with Crippen molar-refractivity contribution in [2.75, 3.05) is 6.61 Å². The maximum Gasteiger partial charge on any atom is 0.330 e. The lowest BCUT2D eigenvalue weighted by Crippen LogP contribution is -2.01. The third-order valence-corrected chi connectivity index (χ3v) is 3.99. The van der Waals surface area contributed by atoms with Crippen LogP contribution in [0.3, 0.4) is 0 Å². The molecule has 0 bridgehead atoms. The van der Waals surface area contributed by atoms with Crippen molar-refractivity contribution < 1.29 is 14.6 Å². The number of aromatic hydroxyl groups is 1. The second kappa shape index (κ2) is 12.7. The van der Waals surface area contributed by atoms with Crippen molar-refractivity contribution in [3.63, 3.8) is 0 Å². The molecule has 1 aromatic carbocycles. The highest BCUT2D eigenvalue weighted by Crippen LogP contribution is 2.19. The zero-order chi connectivity index (χ0) is 16.8. The summed E-state index contributed by atoms with van der Waals surface area (Å²) in [6.07, 6.45) is 12.9. The number of hydrogen-bond acceptors (Lipinski definition) is 3. The number of ether oxygens (including phenoxy) is 1. The zero-order valence-electron chi connectivity index (χ0n) is 14.1. The molecule has 3 nitrogen and oxygen atoms in total. The summed E-state index contributed by atoms with van der Waals surface area (Å²) in [5.41, 5.74) is 1.06. The lowest BCUT2D eigenvalue weighted by molar-refractivity contribution is -0.137. The molecule has 128 valence electrons. The predicted octanol–water partition coefficient (Wildman–Crippen LogP) is 5.17. The molecule has 3 heteroatoms. The van der Waals surface area contributed by atoms with Crippen molar-refractivity contribution in [3.05, 3.63) is 42.5 Å². The number of carbonyl (C=O) groups is 1. The van der Waals surface area contributed by atoms with Crippen LogP contribution in [0.2, 0.25) is 0 Å². The summed E-state index contributed by atoms with van der Waals surface area (Å²) in [6, 6.07) is 7.60. The van der Waals surface area contributed by atoms with Crippen LogP contribution < -0.4 is 0 Å². The fraction of sp³-hybridized carbons (Fsp3) is 0.550. The van der Waals surface area contributed by atoms with Gasteiger partial charge in [-0.3, -0.25) is 0 Å². The molecule has 1 rings (SSSR count). The molecule has 0 radical (unpaired) electrons. The minimum Gasteiger partial charge on any atom is -0.508 e. The molecule has 0 heterocycles. The van der Waals surface area contributed by atoms with Crippen molar-refractivity contribution in [2.24, 2.45) is 0 Å². The third-order valence-electron chi connectivity index (χ3n) is 3.99. The summed E-state index contributed by atoms with van der Waals surface area (Å²) in [5.74, 6) is 0.0973. The Kier molecular flexibility index (Phi) is 10.7. The lowest BCUT2D eigenvalue weighted by Gasteiger charge is -2.05. The molecule has 0 unspecified atom stereocenters. The number of esters is 1. The first-order valence-electron chi connectivity index (χ1n) is 8.80. The number of aryl methyl sites for hydroxylation is 1. The Balaban J connectivity index is 1.84. The quantitative estimate of drug-likeness (QED) is 0.310. The van der Waals surface area contributed by atoms with E-state index in [4.69, 9.17) is 4.74 Å². The monoisotopic (exact) mass is 318 g/mol. The van der Waals surface area contributed by atoms with Gasteiger partial charge in [0.25, 0.3) is 0 Å². The molecule has 0 saturated heterocycles. The summed E-state index contributed by atoms with van der Waals surface area (Å²) in [4.78, 5) is 10.8. The van der Waals surface area contributed by atoms with Crippen LogP contribution in [0.4, 0.5) is 0 Å². The van der Waals surface area contributed by atoms with E-state index in [2.05, 4.69) is 6.58 Å². The standard InChI is InChI=1S/C20H30O3/c1-2-20(22)23-17-13-9-7-5-3-4-6-8-10-14-18-15-11-12-16-19(18)21/h2,11-12,15-16,21H,1,3-10,13-14,17H2. The molecular weight excluding hydrogens is 288 g/mol. The molecule has 0 aliphatic carbocycles. The fourth-order valence-electron chi connectivity index (χ4n) is 2.61. The summed E-state index contributed by atoms with van der Waals surface area (Å²) in [7, 11) is 0. The van der Waals surface area contributed by atoms with Gasteiger partial charge in [-0.25, -0.2) is 4.79 Å². The van der Waals surface area contributed by atoms with Gasteiger partial charge in [-0.15, -0.1) is 0 Å². The van der Waals surface area contributed by atoms with Gasteiger partial charge in [0.2, 0.25) is 0 Å². The number of benzene rings is 1. The van der Waals surface area contributed by atoms with Gasteiger partial charge in [-0.05, 0) is 30.9 Å². The molecular formula is C20H30O3. The maximum absolute atomic E-state index is 10.8. The molecule has 23 heavy (non-hydrogen) atoms. The molecule has 0 aromatic heterocycles. The normalized spacial score (nSPS) is 10.4. The van der Waals surface area contributed by atoms with E-state index in [1.807, 2.05) is 18.2 Å². The molecule has 0 aliphatic heterocycles.